The van der Waals surface area contributed by atoms with E-state index in [-0.39, 0.29) is 0 Å². The number of rotatable bonds is 4. The average Bonchev–Trinajstić information content (AvgIpc) is 2.26. The second kappa shape index (κ2) is 5.41. The zero-order valence-corrected chi connectivity index (χ0v) is 12.3. The Balaban J connectivity index is 3.48. The van der Waals surface area contributed by atoms with Gasteiger partial charge in [-0.2, -0.15) is 13.2 Å². The zero-order chi connectivity index (χ0) is 15.8. The summed E-state index contributed by atoms with van der Waals surface area (Å²) in [5, 5.41) is -0.932. The fourth-order valence-electron chi connectivity index (χ4n) is 1.27. The van der Waals surface area contributed by atoms with E-state index < -0.39 is 47.4 Å². The van der Waals surface area contributed by atoms with Crippen LogP contribution in [0.1, 0.15) is 5.56 Å². The van der Waals surface area contributed by atoms with E-state index in [9.17, 15) is 30.0 Å². The first-order valence-corrected chi connectivity index (χ1v) is 8.92. The lowest BCUT2D eigenvalue weighted by molar-refractivity contribution is -0.137. The van der Waals surface area contributed by atoms with Crippen LogP contribution >= 0.6 is 11.6 Å². The van der Waals surface area contributed by atoms with E-state index in [1.807, 2.05) is 0 Å². The Bertz CT molecular complexity index is 713. The van der Waals surface area contributed by atoms with Crippen LogP contribution in [-0.4, -0.2) is 28.3 Å². The standard InChI is InChI=1S/C9H9ClF3NO4S2/c1-19(15,16)6-2-3-8(14-20(17,18)5-10)7(4-6)9(11,12)13/h2-4,14H,5H2,1H3. The number of benzene rings is 1. The Kier molecular flexibility index (Phi) is 4.62. The Morgan fingerprint density at radius 3 is 2.15 bits per heavy atom. The van der Waals surface area contributed by atoms with Gasteiger partial charge in [-0.05, 0) is 18.2 Å². The maximum atomic E-state index is 12.8. The van der Waals surface area contributed by atoms with Gasteiger partial charge in [0.05, 0.1) is 16.1 Å². The predicted octanol–water partition coefficient (Wildman–Crippen LogP) is 2.05. The highest BCUT2D eigenvalue weighted by Crippen LogP contribution is 2.36. The van der Waals surface area contributed by atoms with E-state index in [2.05, 4.69) is 0 Å². The van der Waals surface area contributed by atoms with Crippen LogP contribution in [0.5, 0.6) is 0 Å². The molecule has 0 aromatic heterocycles. The molecule has 0 fully saturated rings. The molecule has 20 heavy (non-hydrogen) atoms. The van der Waals surface area contributed by atoms with Gasteiger partial charge in [-0.1, -0.05) is 0 Å². The van der Waals surface area contributed by atoms with E-state index in [4.69, 9.17) is 11.6 Å². The number of sulfonamides is 1. The van der Waals surface area contributed by atoms with Crippen molar-refractivity contribution in [3.63, 3.8) is 0 Å². The van der Waals surface area contributed by atoms with Gasteiger partial charge >= 0.3 is 6.18 Å². The highest BCUT2D eigenvalue weighted by molar-refractivity contribution is 7.93. The van der Waals surface area contributed by atoms with Crippen LogP contribution in [0.2, 0.25) is 0 Å². The average molecular weight is 352 g/mol. The molecule has 1 N–H and O–H groups in total. The molecule has 1 aromatic carbocycles. The van der Waals surface area contributed by atoms with Gasteiger partial charge in [-0.25, -0.2) is 16.8 Å². The summed E-state index contributed by atoms with van der Waals surface area (Å²) in [4.78, 5) is -0.571. The fraction of sp³-hybridized carbons (Fsp3) is 0.333. The molecule has 5 nitrogen and oxygen atoms in total. The van der Waals surface area contributed by atoms with E-state index in [1.54, 1.807) is 4.72 Å². The van der Waals surface area contributed by atoms with Gasteiger partial charge < -0.3 is 0 Å². The Hall–Kier alpha value is -1.00. The van der Waals surface area contributed by atoms with Crippen molar-refractivity contribution in [2.45, 2.75) is 11.1 Å². The molecule has 0 bridgehead atoms. The summed E-state index contributed by atoms with van der Waals surface area (Å²) >= 11 is 5.09. The third-order valence-corrected chi connectivity index (χ3v) is 4.92. The number of hydrogen-bond acceptors (Lipinski definition) is 4. The number of anilines is 1. The normalized spacial score (nSPS) is 13.2. The van der Waals surface area contributed by atoms with Crippen molar-refractivity contribution >= 4 is 37.1 Å². The van der Waals surface area contributed by atoms with Crippen molar-refractivity contribution in [2.24, 2.45) is 0 Å². The monoisotopic (exact) mass is 351 g/mol. The van der Waals surface area contributed by atoms with Gasteiger partial charge in [-0.3, -0.25) is 4.72 Å². The highest BCUT2D eigenvalue weighted by atomic mass is 35.5. The zero-order valence-electron chi connectivity index (χ0n) is 9.90. The van der Waals surface area contributed by atoms with E-state index in [1.165, 1.54) is 0 Å². The molecule has 0 heterocycles. The summed E-state index contributed by atoms with van der Waals surface area (Å²) in [5.74, 6) is 0. The van der Waals surface area contributed by atoms with E-state index in [0.29, 0.717) is 6.07 Å². The van der Waals surface area contributed by atoms with E-state index in [0.717, 1.165) is 18.4 Å². The number of nitrogens with one attached hydrogen (secondary N) is 1. The molecule has 0 saturated heterocycles. The van der Waals surface area contributed by atoms with Crippen LogP contribution in [0.15, 0.2) is 23.1 Å². The predicted molar refractivity (Wildman–Crippen MR) is 67.8 cm³/mol. The van der Waals surface area contributed by atoms with Crippen molar-refractivity contribution in [3.8, 4) is 0 Å². The lowest BCUT2D eigenvalue weighted by Crippen LogP contribution is -2.18. The summed E-state index contributed by atoms with van der Waals surface area (Å²) in [7, 11) is -7.99. The molecule has 0 spiro atoms. The topological polar surface area (TPSA) is 80.3 Å². The molecule has 0 unspecified atom stereocenters. The maximum Gasteiger partial charge on any atom is 0.418 e. The number of alkyl halides is 4. The number of halogens is 4. The first kappa shape index (κ1) is 17.1. The quantitative estimate of drug-likeness (QED) is 0.842. The largest absolute Gasteiger partial charge is 0.418 e. The van der Waals surface area contributed by atoms with Crippen LogP contribution in [-0.2, 0) is 26.0 Å². The first-order valence-electron chi connectivity index (χ1n) is 4.84. The minimum atomic E-state index is -4.93. The van der Waals surface area contributed by atoms with Crippen LogP contribution in [0.25, 0.3) is 0 Å². The lowest BCUT2D eigenvalue weighted by Gasteiger charge is -2.15. The molecule has 0 aliphatic rings. The molecule has 1 aromatic rings. The molecule has 1 rings (SSSR count). The molecular weight excluding hydrogens is 343 g/mol. The second-order valence-electron chi connectivity index (χ2n) is 3.80. The summed E-state index contributed by atoms with van der Waals surface area (Å²) in [5.41, 5.74) is -2.19. The molecule has 0 amide bonds. The van der Waals surface area contributed by atoms with Gasteiger partial charge in [0.2, 0.25) is 10.0 Å². The van der Waals surface area contributed by atoms with Gasteiger partial charge in [0, 0.05) is 6.26 Å². The van der Waals surface area contributed by atoms with Gasteiger partial charge in [0.1, 0.15) is 5.21 Å². The summed E-state index contributed by atoms with van der Waals surface area (Å²) < 4.78 is 85.0. The third kappa shape index (κ3) is 4.25. The number of hydrogen-bond donors (Lipinski definition) is 1. The van der Waals surface area contributed by atoms with Crippen molar-refractivity contribution in [1.29, 1.82) is 0 Å². The SMILES string of the molecule is CS(=O)(=O)c1ccc(NS(=O)(=O)CCl)c(C(F)(F)F)c1. The number of sulfone groups is 1. The lowest BCUT2D eigenvalue weighted by atomic mass is 10.2. The van der Waals surface area contributed by atoms with Crippen molar-refractivity contribution < 1.29 is 30.0 Å². The molecule has 0 aliphatic heterocycles. The van der Waals surface area contributed by atoms with Crippen molar-refractivity contribution in [1.82, 2.24) is 0 Å². The van der Waals surface area contributed by atoms with Crippen LogP contribution in [0, 0.1) is 0 Å². The molecular formula is C9H9ClF3NO4S2. The van der Waals surface area contributed by atoms with Gasteiger partial charge in [0.15, 0.2) is 9.84 Å². The molecule has 0 atom stereocenters. The first-order chi connectivity index (χ1) is 8.87. The Morgan fingerprint density at radius 1 is 1.20 bits per heavy atom. The Morgan fingerprint density at radius 2 is 1.75 bits per heavy atom. The third-order valence-electron chi connectivity index (χ3n) is 2.13. The molecule has 114 valence electrons. The molecule has 0 saturated carbocycles. The second-order valence-corrected chi connectivity index (χ2v) is 8.13. The van der Waals surface area contributed by atoms with E-state index >= 15 is 0 Å². The molecule has 0 aliphatic carbocycles. The Labute approximate surface area is 118 Å². The smallest absolute Gasteiger partial charge is 0.282 e. The highest BCUT2D eigenvalue weighted by Gasteiger charge is 2.35. The summed E-state index contributed by atoms with van der Waals surface area (Å²) in [6.45, 7) is 0. The van der Waals surface area contributed by atoms with Crippen LogP contribution in [0.4, 0.5) is 18.9 Å². The minimum absolute atomic E-state index is 0.363. The fourth-order valence-corrected chi connectivity index (χ4v) is 2.65. The minimum Gasteiger partial charge on any atom is -0.282 e. The van der Waals surface area contributed by atoms with Crippen LogP contribution in [0.3, 0.4) is 0 Å². The summed E-state index contributed by atoms with van der Waals surface area (Å²) in [6.07, 6.45) is -4.18. The summed E-state index contributed by atoms with van der Waals surface area (Å²) in [6, 6.07) is 1.96. The molecule has 11 heteroatoms. The molecule has 0 radical (unpaired) electrons. The van der Waals surface area contributed by atoms with Crippen molar-refractivity contribution in [2.75, 3.05) is 16.2 Å². The van der Waals surface area contributed by atoms with Crippen LogP contribution < -0.4 is 4.72 Å². The van der Waals surface area contributed by atoms with Crippen molar-refractivity contribution in [3.05, 3.63) is 23.8 Å². The van der Waals surface area contributed by atoms with Gasteiger partial charge in [-0.15, -0.1) is 11.6 Å². The van der Waals surface area contributed by atoms with Gasteiger partial charge in [0.25, 0.3) is 0 Å². The maximum absolute atomic E-state index is 12.8.